The van der Waals surface area contributed by atoms with Crippen molar-refractivity contribution in [2.24, 2.45) is 16.7 Å². The van der Waals surface area contributed by atoms with Gasteiger partial charge in [-0.3, -0.25) is 4.79 Å². The van der Waals surface area contributed by atoms with E-state index in [1.807, 2.05) is 6.92 Å². The molecule has 72 valence electrons. The van der Waals surface area contributed by atoms with E-state index in [0.29, 0.717) is 5.92 Å². The van der Waals surface area contributed by atoms with Crippen LogP contribution in [-0.2, 0) is 4.79 Å². The molecule has 0 bridgehead atoms. The zero-order valence-corrected chi connectivity index (χ0v) is 8.42. The fourth-order valence-corrected chi connectivity index (χ4v) is 3.14. The van der Waals surface area contributed by atoms with Crippen LogP contribution in [0, 0.1) is 16.7 Å². The van der Waals surface area contributed by atoms with Gasteiger partial charge in [-0.15, -0.1) is 0 Å². The van der Waals surface area contributed by atoms with Crippen LogP contribution >= 0.6 is 0 Å². The Hall–Kier alpha value is -0.790. The van der Waals surface area contributed by atoms with Crippen molar-refractivity contribution in [3.63, 3.8) is 0 Å². The first-order valence-electron chi connectivity index (χ1n) is 4.82. The third kappa shape index (κ3) is 0.812. The molecule has 2 heteroatoms. The third-order valence-corrected chi connectivity index (χ3v) is 4.17. The van der Waals surface area contributed by atoms with E-state index in [1.54, 1.807) is 0 Å². The van der Waals surface area contributed by atoms with Gasteiger partial charge >= 0.3 is 5.97 Å². The highest BCUT2D eigenvalue weighted by molar-refractivity contribution is 5.81. The maximum atomic E-state index is 11.3. The van der Waals surface area contributed by atoms with Crippen LogP contribution < -0.4 is 0 Å². The van der Waals surface area contributed by atoms with Crippen LogP contribution in [-0.4, -0.2) is 11.1 Å². The second-order valence-electron chi connectivity index (χ2n) is 5.01. The zero-order chi connectivity index (χ0) is 9.85. The standard InChI is InChI=1S/C11H16O2/c1-7-4-5-8-10(2,3)11(8,6-7)9(12)13/h4,8H,5-6H2,1-3H3,(H,12,13). The lowest BCUT2D eigenvalue weighted by atomic mass is 9.86. The van der Waals surface area contributed by atoms with Gasteiger partial charge in [0.2, 0.25) is 0 Å². The minimum atomic E-state index is -0.602. The molecule has 2 rings (SSSR count). The lowest BCUT2D eigenvalue weighted by Crippen LogP contribution is -2.23. The molecule has 2 aliphatic rings. The lowest BCUT2D eigenvalue weighted by molar-refractivity contribution is -0.145. The van der Waals surface area contributed by atoms with Crippen molar-refractivity contribution >= 4 is 5.97 Å². The predicted molar refractivity (Wildman–Crippen MR) is 50.3 cm³/mol. The first-order valence-corrected chi connectivity index (χ1v) is 4.82. The summed E-state index contributed by atoms with van der Waals surface area (Å²) < 4.78 is 0. The molecule has 2 nitrogen and oxygen atoms in total. The maximum Gasteiger partial charge on any atom is 0.310 e. The van der Waals surface area contributed by atoms with Crippen LogP contribution in [0.15, 0.2) is 11.6 Å². The van der Waals surface area contributed by atoms with Crippen LogP contribution in [0.4, 0.5) is 0 Å². The fraction of sp³-hybridized carbons (Fsp3) is 0.727. The average molecular weight is 180 g/mol. The molecule has 0 aromatic carbocycles. The molecule has 0 aromatic heterocycles. The molecule has 2 atom stereocenters. The number of hydrogen-bond acceptors (Lipinski definition) is 1. The summed E-state index contributed by atoms with van der Waals surface area (Å²) in [5.41, 5.74) is 0.795. The van der Waals surface area contributed by atoms with Crippen LogP contribution in [0.5, 0.6) is 0 Å². The van der Waals surface area contributed by atoms with Crippen molar-refractivity contribution in [3.8, 4) is 0 Å². The molecule has 0 saturated heterocycles. The second-order valence-corrected chi connectivity index (χ2v) is 5.01. The Labute approximate surface area is 78.6 Å². The molecular weight excluding hydrogens is 164 g/mol. The SMILES string of the molecule is CC1=CCC2C(C)(C)C2(C(=O)O)C1. The first kappa shape index (κ1) is 8.79. The van der Waals surface area contributed by atoms with Gasteiger partial charge in [-0.25, -0.2) is 0 Å². The Bertz CT molecular complexity index is 301. The van der Waals surface area contributed by atoms with E-state index < -0.39 is 11.4 Å². The Balaban J connectivity index is 2.37. The first-order chi connectivity index (χ1) is 5.93. The normalized spacial score (nSPS) is 40.5. The smallest absolute Gasteiger partial charge is 0.310 e. The second kappa shape index (κ2) is 2.17. The highest BCUT2D eigenvalue weighted by atomic mass is 16.4. The van der Waals surface area contributed by atoms with Crippen molar-refractivity contribution in [2.75, 3.05) is 0 Å². The lowest BCUT2D eigenvalue weighted by Gasteiger charge is -2.18. The van der Waals surface area contributed by atoms with E-state index in [1.165, 1.54) is 5.57 Å². The molecule has 1 N–H and O–H groups in total. The van der Waals surface area contributed by atoms with Crippen LogP contribution in [0.1, 0.15) is 33.6 Å². The molecule has 13 heavy (non-hydrogen) atoms. The van der Waals surface area contributed by atoms with E-state index in [2.05, 4.69) is 19.9 Å². The van der Waals surface area contributed by atoms with E-state index in [-0.39, 0.29) is 5.41 Å². The van der Waals surface area contributed by atoms with Crippen LogP contribution in [0.25, 0.3) is 0 Å². The topological polar surface area (TPSA) is 37.3 Å². The monoisotopic (exact) mass is 180 g/mol. The number of allylic oxidation sites excluding steroid dienone is 2. The molecule has 0 radical (unpaired) electrons. The summed E-state index contributed by atoms with van der Waals surface area (Å²) in [6.07, 6.45) is 3.89. The quantitative estimate of drug-likeness (QED) is 0.629. The number of rotatable bonds is 1. The number of carboxylic acids is 1. The Morgan fingerprint density at radius 2 is 2.23 bits per heavy atom. The molecule has 0 amide bonds. The van der Waals surface area contributed by atoms with Gasteiger partial charge < -0.3 is 5.11 Å². The summed E-state index contributed by atoms with van der Waals surface area (Å²) in [5, 5.41) is 9.27. The van der Waals surface area contributed by atoms with Crippen molar-refractivity contribution < 1.29 is 9.90 Å². The van der Waals surface area contributed by atoms with E-state index in [0.717, 1.165) is 12.8 Å². The van der Waals surface area contributed by atoms with Gasteiger partial charge in [0.25, 0.3) is 0 Å². The Morgan fingerprint density at radius 1 is 1.62 bits per heavy atom. The summed E-state index contributed by atoms with van der Waals surface area (Å²) in [6, 6.07) is 0. The van der Waals surface area contributed by atoms with Gasteiger partial charge in [0.15, 0.2) is 0 Å². The molecule has 2 aliphatic carbocycles. The van der Waals surface area contributed by atoms with Gasteiger partial charge in [-0.2, -0.15) is 0 Å². The van der Waals surface area contributed by atoms with Gasteiger partial charge in [0.1, 0.15) is 0 Å². The van der Waals surface area contributed by atoms with Crippen molar-refractivity contribution in [3.05, 3.63) is 11.6 Å². The summed E-state index contributed by atoms with van der Waals surface area (Å²) in [6.45, 7) is 6.20. The third-order valence-electron chi connectivity index (χ3n) is 4.17. The molecule has 0 aliphatic heterocycles. The van der Waals surface area contributed by atoms with E-state index in [9.17, 15) is 9.90 Å². The predicted octanol–water partition coefficient (Wildman–Crippen LogP) is 2.45. The summed E-state index contributed by atoms with van der Waals surface area (Å²) in [4.78, 5) is 11.3. The Kier molecular flexibility index (Phi) is 1.47. The van der Waals surface area contributed by atoms with Gasteiger partial charge in [0, 0.05) is 0 Å². The summed E-state index contributed by atoms with van der Waals surface area (Å²) >= 11 is 0. The molecule has 1 saturated carbocycles. The highest BCUT2D eigenvalue weighted by Gasteiger charge is 2.75. The number of aliphatic carboxylic acids is 1. The highest BCUT2D eigenvalue weighted by Crippen LogP contribution is 2.74. The summed E-state index contributed by atoms with van der Waals surface area (Å²) in [5.74, 6) is -0.240. The average Bonchev–Trinajstić information content (AvgIpc) is 2.50. The minimum absolute atomic E-state index is 0.00685. The van der Waals surface area contributed by atoms with Crippen molar-refractivity contribution in [1.82, 2.24) is 0 Å². The minimum Gasteiger partial charge on any atom is -0.481 e. The van der Waals surface area contributed by atoms with E-state index >= 15 is 0 Å². The van der Waals surface area contributed by atoms with Gasteiger partial charge in [0.05, 0.1) is 5.41 Å². The van der Waals surface area contributed by atoms with Crippen molar-refractivity contribution in [1.29, 1.82) is 0 Å². The maximum absolute atomic E-state index is 11.3. The molecular formula is C11H16O2. The zero-order valence-electron chi connectivity index (χ0n) is 8.42. The number of fused-ring (bicyclic) bond motifs is 1. The summed E-state index contributed by atoms with van der Waals surface area (Å²) in [7, 11) is 0. The van der Waals surface area contributed by atoms with Gasteiger partial charge in [-0.05, 0) is 31.1 Å². The van der Waals surface area contributed by atoms with Crippen LogP contribution in [0.2, 0.25) is 0 Å². The number of carbonyl (C=O) groups is 1. The fourth-order valence-electron chi connectivity index (χ4n) is 3.14. The largest absolute Gasteiger partial charge is 0.481 e. The molecule has 2 unspecified atom stereocenters. The van der Waals surface area contributed by atoms with Crippen LogP contribution in [0.3, 0.4) is 0 Å². The molecule has 0 spiro atoms. The molecule has 0 aromatic rings. The van der Waals surface area contributed by atoms with E-state index in [4.69, 9.17) is 0 Å². The van der Waals surface area contributed by atoms with Crippen molar-refractivity contribution in [2.45, 2.75) is 33.6 Å². The Morgan fingerprint density at radius 3 is 2.69 bits per heavy atom. The number of carboxylic acid groups (broad SMARTS) is 1. The molecule has 1 fully saturated rings. The molecule has 0 heterocycles. The van der Waals surface area contributed by atoms with Gasteiger partial charge in [-0.1, -0.05) is 25.5 Å². The number of hydrogen-bond donors (Lipinski definition) is 1.